The predicted octanol–water partition coefficient (Wildman–Crippen LogP) is 2.95. The summed E-state index contributed by atoms with van der Waals surface area (Å²) in [6, 6.07) is 6.34. The number of carbonyl (C=O) groups is 1. The number of hydrogen-bond donors (Lipinski definition) is 0. The summed E-state index contributed by atoms with van der Waals surface area (Å²) in [5.74, 6) is 1.36. The third kappa shape index (κ3) is 4.44. The molecule has 2 aliphatic heterocycles. The van der Waals surface area contributed by atoms with Gasteiger partial charge in [0.05, 0.1) is 25.9 Å². The molecule has 0 spiro atoms. The van der Waals surface area contributed by atoms with Crippen LogP contribution in [0.5, 0.6) is 11.5 Å². The highest BCUT2D eigenvalue weighted by atomic mass is 16.5. The molecule has 4 rings (SSSR count). The smallest absolute Gasteiger partial charge is 0.257 e. The Labute approximate surface area is 167 Å². The van der Waals surface area contributed by atoms with Crippen LogP contribution >= 0.6 is 0 Å². The Morgan fingerprint density at radius 2 is 1.75 bits per heavy atom. The normalized spacial score (nSPS) is 22.4. The fourth-order valence-electron chi connectivity index (χ4n) is 4.65. The van der Waals surface area contributed by atoms with Gasteiger partial charge in [0.15, 0.2) is 0 Å². The average Bonchev–Trinajstić information content (AvgIpc) is 3.30. The van der Waals surface area contributed by atoms with Gasteiger partial charge in [-0.1, -0.05) is 12.8 Å². The molecule has 1 aromatic rings. The highest BCUT2D eigenvalue weighted by Gasteiger charge is 2.29. The van der Waals surface area contributed by atoms with E-state index < -0.39 is 0 Å². The van der Waals surface area contributed by atoms with E-state index in [1.165, 1.54) is 25.7 Å². The molecule has 0 N–H and O–H groups in total. The largest absolute Gasteiger partial charge is 0.497 e. The summed E-state index contributed by atoms with van der Waals surface area (Å²) < 4.78 is 17.1. The minimum atomic E-state index is 0.000548. The van der Waals surface area contributed by atoms with E-state index >= 15 is 0 Å². The van der Waals surface area contributed by atoms with Crippen molar-refractivity contribution in [3.05, 3.63) is 23.8 Å². The van der Waals surface area contributed by atoms with E-state index in [1.54, 1.807) is 13.2 Å². The predicted molar refractivity (Wildman–Crippen MR) is 107 cm³/mol. The minimum Gasteiger partial charge on any atom is -0.497 e. The maximum atomic E-state index is 13.1. The van der Waals surface area contributed by atoms with Gasteiger partial charge in [-0.25, -0.2) is 0 Å². The number of ether oxygens (including phenoxy) is 3. The fourth-order valence-corrected chi connectivity index (χ4v) is 4.65. The first-order chi connectivity index (χ1) is 13.7. The van der Waals surface area contributed by atoms with Crippen LogP contribution in [-0.4, -0.2) is 74.4 Å². The van der Waals surface area contributed by atoms with E-state index in [-0.39, 0.29) is 12.0 Å². The third-order valence-electron chi connectivity index (χ3n) is 6.33. The highest BCUT2D eigenvalue weighted by Crippen LogP contribution is 2.30. The first kappa shape index (κ1) is 19.5. The number of morpholine rings is 1. The van der Waals surface area contributed by atoms with Crippen LogP contribution < -0.4 is 9.47 Å². The molecular weight excluding hydrogens is 356 g/mol. The quantitative estimate of drug-likeness (QED) is 0.776. The van der Waals surface area contributed by atoms with Gasteiger partial charge in [0.2, 0.25) is 0 Å². The van der Waals surface area contributed by atoms with Gasteiger partial charge in [-0.05, 0) is 43.9 Å². The Hall–Kier alpha value is -1.79. The number of nitrogens with zero attached hydrogens (tertiary/aromatic N) is 2. The molecule has 1 aliphatic carbocycles. The standard InChI is InChI=1S/C22H32N2O4/c1-26-19-6-7-21(20(16-19)22(25)24-12-14-27-15-13-24)28-18-8-10-23(11-9-18)17-4-2-3-5-17/h6-7,16-18H,2-5,8-15H2,1H3. The van der Waals surface area contributed by atoms with Gasteiger partial charge in [-0.3, -0.25) is 4.79 Å². The Bertz CT molecular complexity index is 661. The second-order valence-corrected chi connectivity index (χ2v) is 8.06. The van der Waals surface area contributed by atoms with Gasteiger partial charge < -0.3 is 24.0 Å². The van der Waals surface area contributed by atoms with Gasteiger partial charge in [0, 0.05) is 32.2 Å². The summed E-state index contributed by atoms with van der Waals surface area (Å²) in [6.07, 6.45) is 7.66. The zero-order valence-electron chi connectivity index (χ0n) is 16.9. The number of likely N-dealkylation sites (tertiary alicyclic amines) is 1. The maximum Gasteiger partial charge on any atom is 0.257 e. The number of carbonyl (C=O) groups excluding carboxylic acids is 1. The summed E-state index contributed by atoms with van der Waals surface area (Å²) in [6.45, 7) is 4.61. The molecule has 28 heavy (non-hydrogen) atoms. The first-order valence-corrected chi connectivity index (χ1v) is 10.7. The lowest BCUT2D eigenvalue weighted by atomic mass is 10.0. The van der Waals surface area contributed by atoms with Crippen molar-refractivity contribution in [3.63, 3.8) is 0 Å². The maximum absolute atomic E-state index is 13.1. The van der Waals surface area contributed by atoms with Crippen molar-refractivity contribution in [3.8, 4) is 11.5 Å². The molecule has 6 heteroatoms. The van der Waals surface area contributed by atoms with Gasteiger partial charge in [0.25, 0.3) is 5.91 Å². The highest BCUT2D eigenvalue weighted by molar-refractivity contribution is 5.97. The Morgan fingerprint density at radius 3 is 2.43 bits per heavy atom. The average molecular weight is 389 g/mol. The van der Waals surface area contributed by atoms with Crippen molar-refractivity contribution in [2.24, 2.45) is 0 Å². The second-order valence-electron chi connectivity index (χ2n) is 8.06. The first-order valence-electron chi connectivity index (χ1n) is 10.7. The molecule has 3 aliphatic rings. The third-order valence-corrected chi connectivity index (χ3v) is 6.33. The van der Waals surface area contributed by atoms with Crippen molar-refractivity contribution in [2.75, 3.05) is 46.5 Å². The van der Waals surface area contributed by atoms with Crippen LogP contribution in [0.25, 0.3) is 0 Å². The van der Waals surface area contributed by atoms with Crippen LogP contribution in [0.4, 0.5) is 0 Å². The van der Waals surface area contributed by atoms with Crippen LogP contribution in [0.3, 0.4) is 0 Å². The number of rotatable bonds is 5. The molecule has 6 nitrogen and oxygen atoms in total. The fraction of sp³-hybridized carbons (Fsp3) is 0.682. The van der Waals surface area contributed by atoms with Gasteiger partial charge >= 0.3 is 0 Å². The topological polar surface area (TPSA) is 51.2 Å². The van der Waals surface area contributed by atoms with Crippen LogP contribution in [0.2, 0.25) is 0 Å². The van der Waals surface area contributed by atoms with Crippen molar-refractivity contribution in [1.29, 1.82) is 0 Å². The van der Waals surface area contributed by atoms with Gasteiger partial charge in [-0.15, -0.1) is 0 Å². The van der Waals surface area contributed by atoms with Crippen LogP contribution in [0.1, 0.15) is 48.9 Å². The molecule has 154 valence electrons. The Kier molecular flexibility index (Phi) is 6.37. The molecule has 1 amide bonds. The van der Waals surface area contributed by atoms with E-state index in [1.807, 2.05) is 17.0 Å². The SMILES string of the molecule is COc1ccc(OC2CCN(C3CCCC3)CC2)c(C(=O)N2CCOCC2)c1. The minimum absolute atomic E-state index is 0.000548. The molecule has 1 aromatic carbocycles. The summed E-state index contributed by atoms with van der Waals surface area (Å²) in [7, 11) is 1.62. The van der Waals surface area contributed by atoms with Crippen molar-refractivity contribution in [1.82, 2.24) is 9.80 Å². The van der Waals surface area contributed by atoms with Crippen LogP contribution in [-0.2, 0) is 4.74 Å². The molecule has 2 saturated heterocycles. The summed E-state index contributed by atoms with van der Waals surface area (Å²) in [4.78, 5) is 17.6. The summed E-state index contributed by atoms with van der Waals surface area (Å²) >= 11 is 0. The molecule has 0 atom stereocenters. The lowest BCUT2D eigenvalue weighted by Crippen LogP contribution is -2.43. The van der Waals surface area contributed by atoms with Crippen molar-refractivity contribution in [2.45, 2.75) is 50.7 Å². The lowest BCUT2D eigenvalue weighted by Gasteiger charge is -2.36. The van der Waals surface area contributed by atoms with Crippen molar-refractivity contribution < 1.29 is 19.0 Å². The molecule has 3 fully saturated rings. The van der Waals surface area contributed by atoms with E-state index in [0.29, 0.717) is 43.4 Å². The van der Waals surface area contributed by atoms with E-state index in [9.17, 15) is 4.79 Å². The van der Waals surface area contributed by atoms with E-state index in [2.05, 4.69) is 4.90 Å². The second kappa shape index (κ2) is 9.14. The van der Waals surface area contributed by atoms with E-state index in [4.69, 9.17) is 14.2 Å². The number of piperidine rings is 1. The number of hydrogen-bond acceptors (Lipinski definition) is 5. The lowest BCUT2D eigenvalue weighted by molar-refractivity contribution is 0.0295. The summed E-state index contributed by atoms with van der Waals surface area (Å²) in [5.41, 5.74) is 0.597. The Morgan fingerprint density at radius 1 is 1.04 bits per heavy atom. The monoisotopic (exact) mass is 388 g/mol. The van der Waals surface area contributed by atoms with Gasteiger partial charge in [0.1, 0.15) is 17.6 Å². The number of benzene rings is 1. The van der Waals surface area contributed by atoms with Gasteiger partial charge in [-0.2, -0.15) is 0 Å². The Balaban J connectivity index is 1.43. The number of methoxy groups -OCH3 is 1. The molecule has 0 unspecified atom stereocenters. The molecule has 1 saturated carbocycles. The molecule has 0 aromatic heterocycles. The molecule has 0 bridgehead atoms. The van der Waals surface area contributed by atoms with Crippen LogP contribution in [0.15, 0.2) is 18.2 Å². The zero-order chi connectivity index (χ0) is 19.3. The summed E-state index contributed by atoms with van der Waals surface area (Å²) in [5, 5.41) is 0. The molecular formula is C22H32N2O4. The van der Waals surface area contributed by atoms with E-state index in [0.717, 1.165) is 32.0 Å². The van der Waals surface area contributed by atoms with Crippen LogP contribution in [0, 0.1) is 0 Å². The van der Waals surface area contributed by atoms with Crippen molar-refractivity contribution >= 4 is 5.91 Å². The number of amides is 1. The zero-order valence-corrected chi connectivity index (χ0v) is 16.9. The molecule has 2 heterocycles. The molecule has 0 radical (unpaired) electrons.